The molecule has 0 atom stereocenters. The molecular formula is C9H11N3OS. The predicted molar refractivity (Wildman–Crippen MR) is 60.2 cm³/mol. The van der Waals surface area contributed by atoms with E-state index in [4.69, 9.17) is 11.5 Å². The Labute approximate surface area is 87.3 Å². The molecule has 0 saturated carbocycles. The van der Waals surface area contributed by atoms with Gasteiger partial charge < -0.3 is 16.8 Å². The summed E-state index contributed by atoms with van der Waals surface area (Å²) in [6.07, 6.45) is 0. The molecule has 4 nitrogen and oxygen atoms in total. The summed E-state index contributed by atoms with van der Waals surface area (Å²) in [7, 11) is 0. The SMILES string of the molecule is NCC(=O)c1cccc(NC(N)=S)c1. The summed E-state index contributed by atoms with van der Waals surface area (Å²) in [6, 6.07) is 6.87. The van der Waals surface area contributed by atoms with Gasteiger partial charge in [0, 0.05) is 11.3 Å². The molecule has 0 radical (unpaired) electrons. The molecule has 0 fully saturated rings. The highest BCUT2D eigenvalue weighted by atomic mass is 32.1. The van der Waals surface area contributed by atoms with Gasteiger partial charge in [-0.1, -0.05) is 12.1 Å². The summed E-state index contributed by atoms with van der Waals surface area (Å²) >= 11 is 4.67. The molecule has 14 heavy (non-hydrogen) atoms. The van der Waals surface area contributed by atoms with Crippen LogP contribution in [0.2, 0.25) is 0 Å². The van der Waals surface area contributed by atoms with Gasteiger partial charge in [-0.3, -0.25) is 4.79 Å². The van der Waals surface area contributed by atoms with E-state index in [0.29, 0.717) is 11.3 Å². The molecule has 0 heterocycles. The molecule has 0 unspecified atom stereocenters. The summed E-state index contributed by atoms with van der Waals surface area (Å²) in [5, 5.41) is 2.91. The number of hydrogen-bond acceptors (Lipinski definition) is 3. The van der Waals surface area contributed by atoms with Crippen molar-refractivity contribution in [3.63, 3.8) is 0 Å². The number of benzene rings is 1. The summed E-state index contributed by atoms with van der Waals surface area (Å²) in [6.45, 7) is -0.00345. The summed E-state index contributed by atoms with van der Waals surface area (Å²) in [5.74, 6) is -0.114. The van der Waals surface area contributed by atoms with E-state index in [2.05, 4.69) is 17.5 Å². The Kier molecular flexibility index (Phi) is 3.55. The van der Waals surface area contributed by atoms with E-state index in [0.717, 1.165) is 0 Å². The highest BCUT2D eigenvalue weighted by Gasteiger charge is 2.03. The molecule has 0 aromatic heterocycles. The largest absolute Gasteiger partial charge is 0.376 e. The van der Waals surface area contributed by atoms with Crippen LogP contribution in [0.25, 0.3) is 0 Å². The van der Waals surface area contributed by atoms with E-state index in [1.165, 1.54) is 0 Å². The molecule has 0 aliphatic heterocycles. The Morgan fingerprint density at radius 2 is 2.21 bits per heavy atom. The maximum Gasteiger partial charge on any atom is 0.176 e. The van der Waals surface area contributed by atoms with Crippen molar-refractivity contribution in [2.75, 3.05) is 11.9 Å². The van der Waals surface area contributed by atoms with Crippen LogP contribution in [-0.2, 0) is 0 Å². The van der Waals surface area contributed by atoms with Crippen LogP contribution >= 0.6 is 12.2 Å². The average Bonchev–Trinajstić information content (AvgIpc) is 2.16. The van der Waals surface area contributed by atoms with E-state index in [9.17, 15) is 4.79 Å². The van der Waals surface area contributed by atoms with Gasteiger partial charge in [-0.05, 0) is 24.4 Å². The van der Waals surface area contributed by atoms with Gasteiger partial charge in [-0.25, -0.2) is 0 Å². The molecule has 0 aliphatic carbocycles. The molecule has 5 heteroatoms. The molecule has 1 rings (SSSR count). The van der Waals surface area contributed by atoms with Crippen molar-refractivity contribution >= 4 is 28.8 Å². The van der Waals surface area contributed by atoms with Crippen LogP contribution in [0, 0.1) is 0 Å². The first kappa shape index (κ1) is 10.6. The minimum atomic E-state index is -0.114. The third-order valence-electron chi connectivity index (χ3n) is 1.64. The van der Waals surface area contributed by atoms with Gasteiger partial charge in [0.1, 0.15) is 0 Å². The first-order chi connectivity index (χ1) is 6.63. The lowest BCUT2D eigenvalue weighted by atomic mass is 10.1. The number of anilines is 1. The number of thiocarbonyl (C=S) groups is 1. The lowest BCUT2D eigenvalue weighted by Crippen LogP contribution is -2.19. The topological polar surface area (TPSA) is 81.1 Å². The van der Waals surface area contributed by atoms with Gasteiger partial charge in [0.2, 0.25) is 0 Å². The van der Waals surface area contributed by atoms with Crippen molar-refractivity contribution in [2.24, 2.45) is 11.5 Å². The molecule has 1 aromatic rings. The molecule has 0 spiro atoms. The van der Waals surface area contributed by atoms with Gasteiger partial charge in [-0.2, -0.15) is 0 Å². The smallest absolute Gasteiger partial charge is 0.176 e. The number of carbonyl (C=O) groups excluding carboxylic acids is 1. The van der Waals surface area contributed by atoms with Crippen molar-refractivity contribution < 1.29 is 4.79 Å². The van der Waals surface area contributed by atoms with Gasteiger partial charge in [0.25, 0.3) is 0 Å². The number of hydrogen-bond donors (Lipinski definition) is 3. The normalized spacial score (nSPS) is 9.50. The van der Waals surface area contributed by atoms with Crippen molar-refractivity contribution in [1.82, 2.24) is 0 Å². The van der Waals surface area contributed by atoms with Crippen molar-refractivity contribution in [3.05, 3.63) is 29.8 Å². The highest BCUT2D eigenvalue weighted by molar-refractivity contribution is 7.80. The molecule has 0 aliphatic rings. The Hall–Kier alpha value is -1.46. The number of nitrogens with two attached hydrogens (primary N) is 2. The zero-order valence-corrected chi connectivity index (χ0v) is 8.30. The highest BCUT2D eigenvalue weighted by Crippen LogP contribution is 2.10. The number of rotatable bonds is 3. The maximum atomic E-state index is 11.2. The van der Waals surface area contributed by atoms with Crippen LogP contribution in [0.15, 0.2) is 24.3 Å². The zero-order valence-electron chi connectivity index (χ0n) is 7.49. The lowest BCUT2D eigenvalue weighted by molar-refractivity contribution is 0.100. The third kappa shape index (κ3) is 2.79. The second kappa shape index (κ2) is 4.69. The second-order valence-corrected chi connectivity index (χ2v) is 3.14. The standard InChI is InChI=1S/C9H11N3OS/c10-5-8(13)6-2-1-3-7(4-6)12-9(11)14/h1-4H,5,10H2,(H3,11,12,14). The molecule has 0 saturated heterocycles. The summed E-state index contributed by atoms with van der Waals surface area (Å²) in [5.41, 5.74) is 11.8. The van der Waals surface area contributed by atoms with Crippen LogP contribution in [0.3, 0.4) is 0 Å². The van der Waals surface area contributed by atoms with Crippen molar-refractivity contribution in [3.8, 4) is 0 Å². The molecule has 0 bridgehead atoms. The van der Waals surface area contributed by atoms with Gasteiger partial charge in [0.05, 0.1) is 6.54 Å². The van der Waals surface area contributed by atoms with Crippen LogP contribution in [0.1, 0.15) is 10.4 Å². The summed E-state index contributed by atoms with van der Waals surface area (Å²) in [4.78, 5) is 11.2. The Bertz CT molecular complexity index is 365. The Balaban J connectivity index is 2.89. The number of nitrogens with one attached hydrogen (secondary N) is 1. The fraction of sp³-hybridized carbons (Fsp3) is 0.111. The first-order valence-corrected chi connectivity index (χ1v) is 4.44. The zero-order chi connectivity index (χ0) is 10.6. The van der Waals surface area contributed by atoms with E-state index in [-0.39, 0.29) is 17.4 Å². The average molecular weight is 209 g/mol. The fourth-order valence-corrected chi connectivity index (χ4v) is 1.15. The lowest BCUT2D eigenvalue weighted by Gasteiger charge is -2.04. The van der Waals surface area contributed by atoms with Gasteiger partial charge >= 0.3 is 0 Å². The van der Waals surface area contributed by atoms with Crippen LogP contribution in [-0.4, -0.2) is 17.4 Å². The Morgan fingerprint density at radius 1 is 1.50 bits per heavy atom. The quantitative estimate of drug-likeness (QED) is 0.498. The number of ketones is 1. The third-order valence-corrected chi connectivity index (χ3v) is 1.74. The van der Waals surface area contributed by atoms with Crippen LogP contribution in [0.5, 0.6) is 0 Å². The van der Waals surface area contributed by atoms with Gasteiger partial charge in [-0.15, -0.1) is 0 Å². The predicted octanol–water partition coefficient (Wildman–Crippen LogP) is 0.483. The second-order valence-electron chi connectivity index (χ2n) is 2.70. The molecular weight excluding hydrogens is 198 g/mol. The monoisotopic (exact) mass is 209 g/mol. The van der Waals surface area contributed by atoms with Crippen molar-refractivity contribution in [1.29, 1.82) is 0 Å². The van der Waals surface area contributed by atoms with Crippen molar-refractivity contribution in [2.45, 2.75) is 0 Å². The summed E-state index contributed by atoms with van der Waals surface area (Å²) < 4.78 is 0. The van der Waals surface area contributed by atoms with Crippen LogP contribution < -0.4 is 16.8 Å². The molecule has 0 amide bonds. The van der Waals surface area contributed by atoms with E-state index in [1.807, 2.05) is 0 Å². The van der Waals surface area contributed by atoms with Crippen LogP contribution in [0.4, 0.5) is 5.69 Å². The minimum absolute atomic E-state index is 0.00345. The number of carbonyl (C=O) groups is 1. The van der Waals surface area contributed by atoms with Gasteiger partial charge in [0.15, 0.2) is 10.9 Å². The van der Waals surface area contributed by atoms with E-state index < -0.39 is 0 Å². The first-order valence-electron chi connectivity index (χ1n) is 4.03. The number of Topliss-reactive ketones (excluding diaryl/α,β-unsaturated/α-hetero) is 1. The molecule has 1 aromatic carbocycles. The van der Waals surface area contributed by atoms with E-state index >= 15 is 0 Å². The maximum absolute atomic E-state index is 11.2. The minimum Gasteiger partial charge on any atom is -0.376 e. The fourth-order valence-electron chi connectivity index (χ4n) is 1.03. The molecule has 5 N–H and O–H groups in total. The Morgan fingerprint density at radius 3 is 2.79 bits per heavy atom. The van der Waals surface area contributed by atoms with E-state index in [1.54, 1.807) is 24.3 Å². The molecule has 74 valence electrons.